The fourth-order valence-corrected chi connectivity index (χ4v) is 2.87. The van der Waals surface area contributed by atoms with E-state index in [2.05, 4.69) is 0 Å². The van der Waals surface area contributed by atoms with Crippen molar-refractivity contribution in [2.45, 2.75) is 12.5 Å². The second-order valence-corrected chi connectivity index (χ2v) is 5.24. The molecule has 2 heterocycles. The summed E-state index contributed by atoms with van der Waals surface area (Å²) >= 11 is 0. The highest BCUT2D eigenvalue weighted by molar-refractivity contribution is 5.50. The van der Waals surface area contributed by atoms with Crippen molar-refractivity contribution in [2.75, 3.05) is 19.8 Å². The lowest BCUT2D eigenvalue weighted by molar-refractivity contribution is 0.169. The van der Waals surface area contributed by atoms with Crippen LogP contribution < -0.4 is 14.2 Å². The van der Waals surface area contributed by atoms with E-state index >= 15 is 0 Å². The summed E-state index contributed by atoms with van der Waals surface area (Å²) in [6, 6.07) is 11.5. The van der Waals surface area contributed by atoms with Gasteiger partial charge in [0.2, 0.25) is 0 Å². The van der Waals surface area contributed by atoms with Crippen molar-refractivity contribution in [3.8, 4) is 17.2 Å². The molecule has 108 valence electrons. The van der Waals surface area contributed by atoms with Crippen molar-refractivity contribution in [1.29, 1.82) is 0 Å². The Bertz CT molecular complexity index is 680. The number of hydrogen-bond donors (Lipinski definition) is 1. The van der Waals surface area contributed by atoms with Crippen LogP contribution in [0.25, 0.3) is 0 Å². The monoisotopic (exact) mass is 284 g/mol. The molecule has 0 amide bonds. The van der Waals surface area contributed by atoms with Gasteiger partial charge in [-0.05, 0) is 23.3 Å². The zero-order valence-corrected chi connectivity index (χ0v) is 11.5. The van der Waals surface area contributed by atoms with Crippen LogP contribution >= 0.6 is 0 Å². The van der Waals surface area contributed by atoms with Gasteiger partial charge in [0.05, 0.1) is 6.61 Å². The molecule has 1 N–H and O–H groups in total. The highest BCUT2D eigenvalue weighted by atomic mass is 16.6. The second-order valence-electron chi connectivity index (χ2n) is 5.24. The van der Waals surface area contributed by atoms with E-state index in [4.69, 9.17) is 14.2 Å². The summed E-state index contributed by atoms with van der Waals surface area (Å²) < 4.78 is 16.8. The van der Waals surface area contributed by atoms with Gasteiger partial charge in [0.1, 0.15) is 25.1 Å². The molecule has 0 saturated carbocycles. The molecule has 2 aliphatic rings. The summed E-state index contributed by atoms with van der Waals surface area (Å²) in [5.74, 6) is 2.23. The van der Waals surface area contributed by atoms with E-state index in [9.17, 15) is 5.11 Å². The van der Waals surface area contributed by atoms with Crippen LogP contribution in [0.1, 0.15) is 22.8 Å². The summed E-state index contributed by atoms with van der Waals surface area (Å²) in [6.07, 6.45) is 0.172. The highest BCUT2D eigenvalue weighted by Crippen LogP contribution is 2.39. The van der Waals surface area contributed by atoms with Gasteiger partial charge in [-0.15, -0.1) is 0 Å². The smallest absolute Gasteiger partial charge is 0.161 e. The van der Waals surface area contributed by atoms with E-state index in [1.54, 1.807) is 0 Å². The Balaban J connectivity index is 1.72. The van der Waals surface area contributed by atoms with E-state index in [-0.39, 0.29) is 0 Å². The zero-order valence-electron chi connectivity index (χ0n) is 11.5. The van der Waals surface area contributed by atoms with Crippen molar-refractivity contribution >= 4 is 0 Å². The molecular weight excluding hydrogens is 268 g/mol. The maximum absolute atomic E-state index is 10.7. The van der Waals surface area contributed by atoms with Crippen LogP contribution in [0, 0.1) is 0 Å². The summed E-state index contributed by atoms with van der Waals surface area (Å²) in [6.45, 7) is 1.78. The molecule has 0 radical (unpaired) electrons. The summed E-state index contributed by atoms with van der Waals surface area (Å²) in [7, 11) is 0. The lowest BCUT2D eigenvalue weighted by atomic mass is 9.98. The minimum absolute atomic E-state index is 0.538. The number of para-hydroxylation sites is 1. The molecule has 0 bridgehead atoms. The minimum Gasteiger partial charge on any atom is -0.493 e. The van der Waals surface area contributed by atoms with E-state index in [1.165, 1.54) is 0 Å². The summed E-state index contributed by atoms with van der Waals surface area (Å²) in [5.41, 5.74) is 2.74. The number of benzene rings is 2. The van der Waals surface area contributed by atoms with E-state index in [1.807, 2.05) is 36.4 Å². The molecule has 2 aromatic rings. The molecule has 0 aliphatic carbocycles. The molecule has 4 nitrogen and oxygen atoms in total. The largest absolute Gasteiger partial charge is 0.493 e. The maximum Gasteiger partial charge on any atom is 0.161 e. The zero-order chi connectivity index (χ0) is 14.2. The third-order valence-electron chi connectivity index (χ3n) is 3.92. The summed E-state index contributed by atoms with van der Waals surface area (Å²) in [5, 5.41) is 10.7. The first-order chi connectivity index (χ1) is 10.3. The van der Waals surface area contributed by atoms with Gasteiger partial charge in [-0.25, -0.2) is 0 Å². The van der Waals surface area contributed by atoms with Crippen molar-refractivity contribution in [1.82, 2.24) is 0 Å². The first kappa shape index (κ1) is 12.5. The SMILES string of the molecule is OC(c1ccc2c(c1)OCCO2)c1cccc2c1OCC2. The third-order valence-corrected chi connectivity index (χ3v) is 3.92. The molecular formula is C17H16O4. The number of ether oxygens (including phenoxy) is 3. The predicted octanol–water partition coefficient (Wildman–Crippen LogP) is 2.47. The fraction of sp³-hybridized carbons (Fsp3) is 0.294. The van der Waals surface area contributed by atoms with Crippen LogP contribution in [0.4, 0.5) is 0 Å². The normalized spacial score (nSPS) is 17.0. The Morgan fingerprint density at radius 2 is 1.76 bits per heavy atom. The molecule has 2 aromatic carbocycles. The number of aliphatic hydroxyl groups excluding tert-OH is 1. The molecule has 0 spiro atoms. The average molecular weight is 284 g/mol. The van der Waals surface area contributed by atoms with Gasteiger partial charge in [-0.3, -0.25) is 0 Å². The molecule has 1 unspecified atom stereocenters. The molecule has 21 heavy (non-hydrogen) atoms. The highest BCUT2D eigenvalue weighted by Gasteiger charge is 2.23. The minimum atomic E-state index is -0.728. The molecule has 0 saturated heterocycles. The van der Waals surface area contributed by atoms with Crippen LogP contribution in [0.15, 0.2) is 36.4 Å². The first-order valence-electron chi connectivity index (χ1n) is 7.15. The number of fused-ring (bicyclic) bond motifs is 2. The fourth-order valence-electron chi connectivity index (χ4n) is 2.87. The van der Waals surface area contributed by atoms with Gasteiger partial charge in [0.25, 0.3) is 0 Å². The third kappa shape index (κ3) is 2.12. The molecule has 2 aliphatic heterocycles. The van der Waals surface area contributed by atoms with Crippen LogP contribution in [0.5, 0.6) is 17.2 Å². The first-order valence-corrected chi connectivity index (χ1v) is 7.15. The average Bonchev–Trinajstić information content (AvgIpc) is 3.02. The van der Waals surface area contributed by atoms with Crippen LogP contribution in [0.3, 0.4) is 0 Å². The van der Waals surface area contributed by atoms with Gasteiger partial charge in [-0.1, -0.05) is 24.3 Å². The topological polar surface area (TPSA) is 47.9 Å². The Morgan fingerprint density at radius 1 is 0.905 bits per heavy atom. The van der Waals surface area contributed by atoms with E-state index < -0.39 is 6.10 Å². The van der Waals surface area contributed by atoms with Gasteiger partial charge in [0, 0.05) is 12.0 Å². The van der Waals surface area contributed by atoms with Crippen LogP contribution in [-0.2, 0) is 6.42 Å². The van der Waals surface area contributed by atoms with Crippen molar-refractivity contribution < 1.29 is 19.3 Å². The Kier molecular flexibility index (Phi) is 2.97. The number of aliphatic hydroxyl groups is 1. The van der Waals surface area contributed by atoms with Gasteiger partial charge in [-0.2, -0.15) is 0 Å². The van der Waals surface area contributed by atoms with E-state index in [0.717, 1.165) is 34.6 Å². The Labute approximate surface area is 122 Å². The maximum atomic E-state index is 10.7. The molecule has 4 heteroatoms. The van der Waals surface area contributed by atoms with Crippen molar-refractivity contribution in [2.24, 2.45) is 0 Å². The van der Waals surface area contributed by atoms with E-state index in [0.29, 0.717) is 25.6 Å². The van der Waals surface area contributed by atoms with Gasteiger partial charge >= 0.3 is 0 Å². The second kappa shape index (κ2) is 4.97. The van der Waals surface area contributed by atoms with Crippen LogP contribution in [-0.4, -0.2) is 24.9 Å². The quantitative estimate of drug-likeness (QED) is 0.920. The molecule has 0 fully saturated rings. The number of rotatable bonds is 2. The predicted molar refractivity (Wildman–Crippen MR) is 77.1 cm³/mol. The van der Waals surface area contributed by atoms with Crippen molar-refractivity contribution in [3.05, 3.63) is 53.1 Å². The molecule has 4 rings (SSSR count). The molecule has 0 aromatic heterocycles. The van der Waals surface area contributed by atoms with Gasteiger partial charge in [0.15, 0.2) is 11.5 Å². The number of hydrogen-bond acceptors (Lipinski definition) is 4. The Hall–Kier alpha value is -2.20. The molecule has 1 atom stereocenters. The van der Waals surface area contributed by atoms with Gasteiger partial charge < -0.3 is 19.3 Å². The van der Waals surface area contributed by atoms with Crippen LogP contribution in [0.2, 0.25) is 0 Å². The Morgan fingerprint density at radius 3 is 2.67 bits per heavy atom. The summed E-state index contributed by atoms with van der Waals surface area (Å²) in [4.78, 5) is 0. The van der Waals surface area contributed by atoms with Crippen molar-refractivity contribution in [3.63, 3.8) is 0 Å². The lowest BCUT2D eigenvalue weighted by Gasteiger charge is -2.21. The lowest BCUT2D eigenvalue weighted by Crippen LogP contribution is -2.15. The standard InChI is InChI=1S/C17H16O4/c18-16(13-3-1-2-11-6-7-21-17(11)13)12-4-5-14-15(10-12)20-9-8-19-14/h1-5,10,16,18H,6-9H2.